The summed E-state index contributed by atoms with van der Waals surface area (Å²) >= 11 is 0. The van der Waals surface area contributed by atoms with Gasteiger partial charge in [0, 0.05) is 20.7 Å². The van der Waals surface area contributed by atoms with Crippen LogP contribution in [0.4, 0.5) is 4.39 Å². The molecule has 0 radical (unpaired) electrons. The Morgan fingerprint density at radius 3 is 2.58 bits per heavy atom. The second kappa shape index (κ2) is 6.45. The van der Waals surface area contributed by atoms with Gasteiger partial charge in [-0.3, -0.25) is 0 Å². The van der Waals surface area contributed by atoms with Crippen molar-refractivity contribution in [2.24, 2.45) is 0 Å². The molecule has 108 valence electrons. The van der Waals surface area contributed by atoms with Crippen LogP contribution in [0.2, 0.25) is 0 Å². The van der Waals surface area contributed by atoms with Gasteiger partial charge in [0.15, 0.2) is 0 Å². The summed E-state index contributed by atoms with van der Waals surface area (Å²) < 4.78 is 43.4. The van der Waals surface area contributed by atoms with E-state index in [1.54, 1.807) is 26.0 Å². The third kappa shape index (κ3) is 4.56. The van der Waals surface area contributed by atoms with Crippen molar-refractivity contribution in [3.05, 3.63) is 35.1 Å². The zero-order valence-electron chi connectivity index (χ0n) is 11.7. The Kier molecular flexibility index (Phi) is 5.46. The van der Waals surface area contributed by atoms with Crippen molar-refractivity contribution < 1.29 is 17.5 Å². The minimum absolute atomic E-state index is 0.0693. The van der Waals surface area contributed by atoms with Crippen molar-refractivity contribution in [2.75, 3.05) is 19.9 Å². The Labute approximate surface area is 114 Å². The molecule has 1 rings (SSSR count). The molecule has 0 aliphatic heterocycles. The zero-order chi connectivity index (χ0) is 14.6. The van der Waals surface area contributed by atoms with E-state index in [9.17, 15) is 12.8 Å². The number of benzene rings is 1. The maximum Gasteiger partial charge on any atom is 0.216 e. The quantitative estimate of drug-likeness (QED) is 0.804. The Hall–Kier alpha value is -0.980. The van der Waals surface area contributed by atoms with Crippen LogP contribution in [-0.4, -0.2) is 38.7 Å². The summed E-state index contributed by atoms with van der Waals surface area (Å²) in [5.74, 6) is -0.359. The molecule has 6 heteroatoms. The summed E-state index contributed by atoms with van der Waals surface area (Å²) in [6, 6.07) is 4.60. The number of hydrogen-bond donors (Lipinski definition) is 0. The molecule has 0 heterocycles. The van der Waals surface area contributed by atoms with Crippen LogP contribution in [0.25, 0.3) is 0 Å². The van der Waals surface area contributed by atoms with Crippen molar-refractivity contribution in [1.29, 1.82) is 0 Å². The number of aryl methyl sites for hydroxylation is 1. The fourth-order valence-corrected chi connectivity index (χ4v) is 2.98. The van der Waals surface area contributed by atoms with Crippen molar-refractivity contribution in [1.82, 2.24) is 4.31 Å². The number of sulfonamides is 1. The highest BCUT2D eigenvalue weighted by Crippen LogP contribution is 2.13. The largest absolute Gasteiger partial charge is 0.381 e. The second-order valence-electron chi connectivity index (χ2n) is 4.66. The van der Waals surface area contributed by atoms with Crippen molar-refractivity contribution in [2.45, 2.75) is 26.5 Å². The van der Waals surface area contributed by atoms with E-state index >= 15 is 0 Å². The van der Waals surface area contributed by atoms with E-state index in [2.05, 4.69) is 0 Å². The van der Waals surface area contributed by atoms with E-state index in [4.69, 9.17) is 4.74 Å². The van der Waals surface area contributed by atoms with Crippen LogP contribution < -0.4 is 0 Å². The van der Waals surface area contributed by atoms with Crippen molar-refractivity contribution in [3.63, 3.8) is 0 Å². The maximum absolute atomic E-state index is 13.1. The van der Waals surface area contributed by atoms with Crippen molar-refractivity contribution in [3.8, 4) is 0 Å². The van der Waals surface area contributed by atoms with Gasteiger partial charge in [-0.2, -0.15) is 0 Å². The molecule has 0 aliphatic carbocycles. The molecule has 0 N–H and O–H groups in total. The molecule has 1 aromatic rings. The van der Waals surface area contributed by atoms with Crippen LogP contribution in [0.3, 0.4) is 0 Å². The first kappa shape index (κ1) is 16.1. The molecule has 1 aromatic carbocycles. The van der Waals surface area contributed by atoms with Gasteiger partial charge in [-0.25, -0.2) is 17.1 Å². The zero-order valence-corrected chi connectivity index (χ0v) is 12.5. The Morgan fingerprint density at radius 1 is 1.42 bits per heavy atom. The summed E-state index contributed by atoms with van der Waals surface area (Å²) in [4.78, 5) is 0. The van der Waals surface area contributed by atoms with E-state index in [0.717, 1.165) is 5.56 Å². The van der Waals surface area contributed by atoms with Crippen LogP contribution in [0, 0.1) is 12.7 Å². The third-order valence-electron chi connectivity index (χ3n) is 2.95. The highest BCUT2D eigenvalue weighted by molar-refractivity contribution is 7.89. The molecule has 0 amide bonds. The third-order valence-corrected chi connectivity index (χ3v) is 4.92. The number of halogens is 1. The predicted molar refractivity (Wildman–Crippen MR) is 72.9 cm³/mol. The molecule has 0 fully saturated rings. The monoisotopic (exact) mass is 289 g/mol. The second-order valence-corrected chi connectivity index (χ2v) is 6.78. The molecule has 4 nitrogen and oxygen atoms in total. The highest BCUT2D eigenvalue weighted by Gasteiger charge is 2.21. The summed E-state index contributed by atoms with van der Waals surface area (Å²) in [7, 11) is -0.392. The number of rotatable bonds is 6. The van der Waals surface area contributed by atoms with Gasteiger partial charge in [-0.15, -0.1) is 0 Å². The van der Waals surface area contributed by atoms with Crippen LogP contribution >= 0.6 is 0 Å². The lowest BCUT2D eigenvalue weighted by atomic mass is 10.1. The average Bonchev–Trinajstić information content (AvgIpc) is 2.33. The van der Waals surface area contributed by atoms with Gasteiger partial charge in [0.2, 0.25) is 10.0 Å². The van der Waals surface area contributed by atoms with Crippen LogP contribution in [-0.2, 0) is 21.3 Å². The van der Waals surface area contributed by atoms with Crippen molar-refractivity contribution >= 4 is 10.0 Å². The first-order valence-corrected chi connectivity index (χ1v) is 7.59. The summed E-state index contributed by atoms with van der Waals surface area (Å²) in [5, 5.41) is 0. The van der Waals surface area contributed by atoms with Gasteiger partial charge < -0.3 is 4.74 Å². The fourth-order valence-electron chi connectivity index (χ4n) is 1.65. The van der Waals surface area contributed by atoms with E-state index < -0.39 is 10.0 Å². The molecule has 0 spiro atoms. The van der Waals surface area contributed by atoms with Crippen LogP contribution in [0.1, 0.15) is 18.1 Å². The SMILES string of the molecule is CO[C@@H](C)CS(=O)(=O)N(C)Cc1ccc(F)c(C)c1. The van der Waals surface area contributed by atoms with Gasteiger partial charge >= 0.3 is 0 Å². The lowest BCUT2D eigenvalue weighted by molar-refractivity contribution is 0.135. The van der Waals surface area contributed by atoms with Gasteiger partial charge in [-0.05, 0) is 31.0 Å². The fraction of sp³-hybridized carbons (Fsp3) is 0.538. The Balaban J connectivity index is 2.78. The molecule has 0 saturated carbocycles. The minimum Gasteiger partial charge on any atom is -0.381 e. The van der Waals surface area contributed by atoms with Gasteiger partial charge in [0.05, 0.1) is 11.9 Å². The summed E-state index contributed by atoms with van der Waals surface area (Å²) in [6.07, 6.45) is -0.359. The lowest BCUT2D eigenvalue weighted by Gasteiger charge is -2.19. The molecule has 0 saturated heterocycles. The highest BCUT2D eigenvalue weighted by atomic mass is 32.2. The molecule has 0 bridgehead atoms. The predicted octanol–water partition coefficient (Wildman–Crippen LogP) is 1.93. The van der Waals surface area contributed by atoms with E-state index in [-0.39, 0.29) is 24.2 Å². The maximum atomic E-state index is 13.1. The lowest BCUT2D eigenvalue weighted by Crippen LogP contribution is -2.33. The molecular formula is C13H20FNO3S. The minimum atomic E-state index is -3.38. The summed E-state index contributed by atoms with van der Waals surface area (Å²) in [6.45, 7) is 3.58. The Morgan fingerprint density at radius 2 is 2.05 bits per heavy atom. The van der Waals surface area contributed by atoms with Crippen LogP contribution in [0.5, 0.6) is 0 Å². The molecule has 0 aromatic heterocycles. The first-order valence-electron chi connectivity index (χ1n) is 5.98. The number of ether oxygens (including phenoxy) is 1. The van der Waals surface area contributed by atoms with E-state index in [1.165, 1.54) is 24.5 Å². The number of nitrogens with zero attached hydrogens (tertiary/aromatic N) is 1. The topological polar surface area (TPSA) is 46.6 Å². The molecule has 1 atom stereocenters. The standard InChI is InChI=1S/C13H20FNO3S/c1-10-7-12(5-6-13(10)14)8-15(3)19(16,17)9-11(2)18-4/h5-7,11H,8-9H2,1-4H3/t11-/m0/s1. The normalized spacial score (nSPS) is 13.8. The molecule has 0 unspecified atom stereocenters. The molecule has 0 aliphatic rings. The number of hydrogen-bond acceptors (Lipinski definition) is 3. The van der Waals surface area contributed by atoms with Gasteiger partial charge in [0.1, 0.15) is 5.82 Å². The molecular weight excluding hydrogens is 269 g/mol. The van der Waals surface area contributed by atoms with E-state index in [1.807, 2.05) is 0 Å². The molecule has 19 heavy (non-hydrogen) atoms. The van der Waals surface area contributed by atoms with Gasteiger partial charge in [0.25, 0.3) is 0 Å². The smallest absolute Gasteiger partial charge is 0.216 e. The first-order chi connectivity index (χ1) is 8.76. The number of methoxy groups -OCH3 is 1. The average molecular weight is 289 g/mol. The summed E-state index contributed by atoms with van der Waals surface area (Å²) in [5.41, 5.74) is 1.27. The van der Waals surface area contributed by atoms with E-state index in [0.29, 0.717) is 5.56 Å². The van der Waals surface area contributed by atoms with Gasteiger partial charge in [-0.1, -0.05) is 12.1 Å². The Bertz CT molecular complexity index is 531. The van der Waals surface area contributed by atoms with Crippen LogP contribution in [0.15, 0.2) is 18.2 Å².